The van der Waals surface area contributed by atoms with Gasteiger partial charge in [-0.05, 0) is 24.5 Å². The zero-order chi connectivity index (χ0) is 13.5. The summed E-state index contributed by atoms with van der Waals surface area (Å²) < 4.78 is 38.4. The van der Waals surface area contributed by atoms with Crippen molar-refractivity contribution in [2.45, 2.75) is 31.5 Å². The second-order valence-electron chi connectivity index (χ2n) is 4.67. The van der Waals surface area contributed by atoms with Crippen molar-refractivity contribution in [3.05, 3.63) is 27.7 Å². The van der Waals surface area contributed by atoms with Gasteiger partial charge < -0.3 is 10.8 Å². The third kappa shape index (κ3) is 4.00. The molecule has 3 N–H and O–H groups in total. The maximum Gasteiger partial charge on any atom is 0.420 e. The summed E-state index contributed by atoms with van der Waals surface area (Å²) in [7, 11) is 0. The Balaban J connectivity index is 0.00000180. The number of hydrogen-bond acceptors (Lipinski definition) is 2. The number of nitrogens with two attached hydrogens (primary N) is 1. The van der Waals surface area contributed by atoms with Crippen LogP contribution in [-0.4, -0.2) is 5.11 Å². The van der Waals surface area contributed by atoms with Gasteiger partial charge in [-0.2, -0.15) is 13.2 Å². The number of alkyl halides is 3. The van der Waals surface area contributed by atoms with E-state index in [1.54, 1.807) is 0 Å². The Kier molecular flexibility index (Phi) is 5.15. The zero-order valence-corrected chi connectivity index (χ0v) is 12.3. The SMILES string of the molecule is Cl.N[C@@H](CC1CC1)c1cc(Br)cc(C(F)(F)F)c1O. The molecule has 1 aliphatic carbocycles. The first-order chi connectivity index (χ1) is 8.29. The molecule has 0 spiro atoms. The van der Waals surface area contributed by atoms with E-state index in [4.69, 9.17) is 5.73 Å². The second kappa shape index (κ2) is 5.89. The van der Waals surface area contributed by atoms with Crippen LogP contribution in [0.1, 0.15) is 36.4 Å². The first-order valence-electron chi connectivity index (χ1n) is 5.64. The summed E-state index contributed by atoms with van der Waals surface area (Å²) in [6.45, 7) is 0. The van der Waals surface area contributed by atoms with E-state index in [-0.39, 0.29) is 22.4 Å². The van der Waals surface area contributed by atoms with Crippen LogP contribution < -0.4 is 5.73 Å². The Morgan fingerprint density at radius 1 is 1.37 bits per heavy atom. The fourth-order valence-electron chi connectivity index (χ4n) is 1.96. The lowest BCUT2D eigenvalue weighted by atomic mass is 9.98. The minimum atomic E-state index is -4.58. The maximum absolute atomic E-state index is 12.7. The van der Waals surface area contributed by atoms with E-state index in [0.29, 0.717) is 12.3 Å². The third-order valence-corrected chi connectivity index (χ3v) is 3.55. The first-order valence-corrected chi connectivity index (χ1v) is 6.43. The van der Waals surface area contributed by atoms with Crippen molar-refractivity contribution in [1.82, 2.24) is 0 Å². The average molecular weight is 361 g/mol. The smallest absolute Gasteiger partial charge is 0.420 e. The Morgan fingerprint density at radius 2 is 1.95 bits per heavy atom. The van der Waals surface area contributed by atoms with Crippen LogP contribution in [0.25, 0.3) is 0 Å². The fraction of sp³-hybridized carbons (Fsp3) is 0.500. The molecule has 0 amide bonds. The monoisotopic (exact) mass is 359 g/mol. The number of phenols is 1. The molecule has 0 aromatic heterocycles. The lowest BCUT2D eigenvalue weighted by molar-refractivity contribution is -0.138. The van der Waals surface area contributed by atoms with Crippen molar-refractivity contribution in [1.29, 1.82) is 0 Å². The molecule has 0 saturated heterocycles. The predicted molar refractivity (Wildman–Crippen MR) is 72.3 cm³/mol. The van der Waals surface area contributed by atoms with E-state index in [1.807, 2.05) is 0 Å². The molecule has 0 unspecified atom stereocenters. The lowest BCUT2D eigenvalue weighted by Crippen LogP contribution is -2.14. The third-order valence-electron chi connectivity index (χ3n) is 3.09. The molecular formula is C12H14BrClF3NO. The predicted octanol–water partition coefficient (Wildman–Crippen LogP) is 4.40. The molecule has 1 fully saturated rings. The molecule has 1 aliphatic rings. The van der Waals surface area contributed by atoms with E-state index in [1.165, 1.54) is 6.07 Å². The van der Waals surface area contributed by atoms with Crippen LogP contribution in [0.5, 0.6) is 5.75 Å². The van der Waals surface area contributed by atoms with Gasteiger partial charge in [0.25, 0.3) is 0 Å². The summed E-state index contributed by atoms with van der Waals surface area (Å²) >= 11 is 3.02. The van der Waals surface area contributed by atoms with Crippen molar-refractivity contribution in [3.63, 3.8) is 0 Å². The molecule has 0 heterocycles. The van der Waals surface area contributed by atoms with Gasteiger partial charge in [-0.1, -0.05) is 28.8 Å². The number of hydrogen-bond donors (Lipinski definition) is 2. The van der Waals surface area contributed by atoms with Crippen LogP contribution in [0.4, 0.5) is 13.2 Å². The molecule has 1 atom stereocenters. The van der Waals surface area contributed by atoms with Gasteiger partial charge in [-0.15, -0.1) is 12.4 Å². The van der Waals surface area contributed by atoms with Gasteiger partial charge >= 0.3 is 6.18 Å². The highest BCUT2D eigenvalue weighted by Crippen LogP contribution is 2.44. The largest absolute Gasteiger partial charge is 0.507 e. The van der Waals surface area contributed by atoms with Gasteiger partial charge in [0.05, 0.1) is 5.56 Å². The molecule has 19 heavy (non-hydrogen) atoms. The average Bonchev–Trinajstić information content (AvgIpc) is 3.03. The molecule has 1 saturated carbocycles. The number of aromatic hydroxyl groups is 1. The number of halogens is 5. The molecule has 108 valence electrons. The minimum absolute atomic E-state index is 0. The molecule has 2 nitrogen and oxygen atoms in total. The summed E-state index contributed by atoms with van der Waals surface area (Å²) in [5, 5.41) is 9.73. The molecule has 0 aliphatic heterocycles. The van der Waals surface area contributed by atoms with Gasteiger partial charge in [0, 0.05) is 16.1 Å². The summed E-state index contributed by atoms with van der Waals surface area (Å²) in [6, 6.07) is 1.76. The van der Waals surface area contributed by atoms with E-state index in [9.17, 15) is 18.3 Å². The van der Waals surface area contributed by atoms with Crippen molar-refractivity contribution in [2.24, 2.45) is 11.7 Å². The van der Waals surface area contributed by atoms with E-state index < -0.39 is 23.5 Å². The first kappa shape index (κ1) is 16.6. The standard InChI is InChI=1S/C12H13BrF3NO.ClH/c13-7-4-8(10(17)3-6-1-2-6)11(18)9(5-7)12(14,15)16;/h4-6,10,18H,1-3,17H2;1H/t10-;/m0./s1. The zero-order valence-electron chi connectivity index (χ0n) is 9.88. The van der Waals surface area contributed by atoms with E-state index >= 15 is 0 Å². The second-order valence-corrected chi connectivity index (χ2v) is 5.59. The number of phenolic OH excluding ortho intramolecular Hbond substituents is 1. The molecule has 1 aromatic carbocycles. The van der Waals surface area contributed by atoms with Crippen LogP contribution in [-0.2, 0) is 6.18 Å². The molecule has 0 radical (unpaired) electrons. The molecule has 1 aromatic rings. The Hall–Kier alpha value is -0.460. The van der Waals surface area contributed by atoms with Gasteiger partial charge in [0.15, 0.2) is 0 Å². The van der Waals surface area contributed by atoms with Gasteiger partial charge in [-0.3, -0.25) is 0 Å². The summed E-state index contributed by atoms with van der Waals surface area (Å²) in [5.41, 5.74) is 4.98. The van der Waals surface area contributed by atoms with Gasteiger partial charge in [0.2, 0.25) is 0 Å². The van der Waals surface area contributed by atoms with Crippen LogP contribution in [0, 0.1) is 5.92 Å². The van der Waals surface area contributed by atoms with E-state index in [0.717, 1.165) is 18.9 Å². The van der Waals surface area contributed by atoms with Crippen LogP contribution >= 0.6 is 28.3 Å². The molecule has 2 rings (SSSR count). The van der Waals surface area contributed by atoms with Crippen molar-refractivity contribution < 1.29 is 18.3 Å². The molecule has 0 bridgehead atoms. The number of benzene rings is 1. The lowest BCUT2D eigenvalue weighted by Gasteiger charge is -2.18. The van der Waals surface area contributed by atoms with Crippen LogP contribution in [0.15, 0.2) is 16.6 Å². The van der Waals surface area contributed by atoms with Crippen LogP contribution in [0.2, 0.25) is 0 Å². The highest BCUT2D eigenvalue weighted by molar-refractivity contribution is 9.10. The summed E-state index contributed by atoms with van der Waals surface area (Å²) in [4.78, 5) is 0. The van der Waals surface area contributed by atoms with Gasteiger partial charge in [-0.25, -0.2) is 0 Å². The van der Waals surface area contributed by atoms with Crippen molar-refractivity contribution >= 4 is 28.3 Å². The topological polar surface area (TPSA) is 46.2 Å². The maximum atomic E-state index is 12.7. The molecule has 7 heteroatoms. The number of rotatable bonds is 3. The normalized spacial score (nSPS) is 16.9. The fourth-order valence-corrected chi connectivity index (χ4v) is 2.43. The summed E-state index contributed by atoms with van der Waals surface area (Å²) in [6.07, 6.45) is -1.84. The Morgan fingerprint density at radius 3 is 2.42 bits per heavy atom. The highest BCUT2D eigenvalue weighted by atomic mass is 79.9. The van der Waals surface area contributed by atoms with E-state index in [2.05, 4.69) is 15.9 Å². The van der Waals surface area contributed by atoms with Crippen molar-refractivity contribution in [3.8, 4) is 5.75 Å². The molecular weight excluding hydrogens is 346 g/mol. The van der Waals surface area contributed by atoms with Gasteiger partial charge in [0.1, 0.15) is 5.75 Å². The minimum Gasteiger partial charge on any atom is -0.507 e. The van der Waals surface area contributed by atoms with Crippen molar-refractivity contribution in [2.75, 3.05) is 0 Å². The summed E-state index contributed by atoms with van der Waals surface area (Å²) in [5.74, 6) is -0.272. The highest BCUT2D eigenvalue weighted by Gasteiger charge is 2.36. The van der Waals surface area contributed by atoms with Crippen LogP contribution in [0.3, 0.4) is 0 Å². The Bertz CT molecular complexity index is 463. The quantitative estimate of drug-likeness (QED) is 0.839. The Labute approximate surface area is 123 Å².